The number of aryl methyl sites for hydroxylation is 1. The lowest BCUT2D eigenvalue weighted by Crippen LogP contribution is -2.41. The number of hydrogen-bond acceptors (Lipinski definition) is 5. The Morgan fingerprint density at radius 3 is 2.73 bits per heavy atom. The van der Waals surface area contributed by atoms with Crippen LogP contribution in [0.15, 0.2) is 23.1 Å². The van der Waals surface area contributed by atoms with Crippen LogP contribution in [0.4, 0.5) is 9.52 Å². The minimum Gasteiger partial charge on any atom is -0.302 e. The Hall–Kier alpha value is -1.55. The number of nitrogens with one attached hydrogen (secondary N) is 1. The van der Waals surface area contributed by atoms with E-state index in [-0.39, 0.29) is 34.8 Å². The number of benzene rings is 1. The number of hydrogen-bond donors (Lipinski definition) is 1. The van der Waals surface area contributed by atoms with Crippen LogP contribution in [-0.2, 0) is 27.7 Å². The van der Waals surface area contributed by atoms with Gasteiger partial charge in [0.1, 0.15) is 5.82 Å². The first-order valence-electron chi connectivity index (χ1n) is 9.98. The third kappa shape index (κ3) is 4.39. The van der Waals surface area contributed by atoms with Crippen molar-refractivity contribution in [3.63, 3.8) is 0 Å². The van der Waals surface area contributed by atoms with Crippen molar-refractivity contribution in [2.24, 2.45) is 11.8 Å². The highest BCUT2D eigenvalue weighted by atomic mass is 35.5. The molecule has 1 amide bonds. The summed E-state index contributed by atoms with van der Waals surface area (Å²) in [5.41, 5.74) is 1.09. The molecule has 6 nitrogen and oxygen atoms in total. The number of nitrogens with zero attached hydrogens (tertiary/aromatic N) is 2. The highest BCUT2D eigenvalue weighted by molar-refractivity contribution is 7.89. The highest BCUT2D eigenvalue weighted by Crippen LogP contribution is 2.33. The van der Waals surface area contributed by atoms with Crippen LogP contribution < -0.4 is 5.32 Å². The zero-order valence-electron chi connectivity index (χ0n) is 16.5. The van der Waals surface area contributed by atoms with E-state index in [1.165, 1.54) is 15.2 Å². The van der Waals surface area contributed by atoms with Crippen molar-refractivity contribution in [2.45, 2.75) is 43.9 Å². The van der Waals surface area contributed by atoms with E-state index < -0.39 is 15.8 Å². The molecule has 2 aliphatic rings. The molecule has 10 heteroatoms. The van der Waals surface area contributed by atoms with E-state index in [0.29, 0.717) is 23.9 Å². The standard InChI is InChI=1S/C20H23ClFN3O3S2/c1-12-2-5-17-18(10-12)29-20(23-17)24-19(26)13-6-8-25(9-7-13)30(27,28)14-3-4-16(22)15(21)11-14/h3-4,11-13H,2,5-10H2,1H3,(H,23,24,26). The number of thiazole rings is 1. The predicted octanol–water partition coefficient (Wildman–Crippen LogP) is 4.10. The average molecular weight is 472 g/mol. The fourth-order valence-electron chi connectivity index (χ4n) is 3.95. The number of halogens is 2. The smallest absolute Gasteiger partial charge is 0.243 e. The normalized spacial score (nSPS) is 20.7. The Kier molecular flexibility index (Phi) is 6.16. The molecule has 2 heterocycles. The first-order valence-corrected chi connectivity index (χ1v) is 12.6. The largest absolute Gasteiger partial charge is 0.302 e. The van der Waals surface area contributed by atoms with Gasteiger partial charge in [-0.1, -0.05) is 18.5 Å². The fraction of sp³-hybridized carbons (Fsp3) is 0.500. The first kappa shape index (κ1) is 21.7. The van der Waals surface area contributed by atoms with Gasteiger partial charge in [0.15, 0.2) is 5.13 Å². The van der Waals surface area contributed by atoms with Crippen molar-refractivity contribution in [3.05, 3.63) is 39.6 Å². The fourth-order valence-corrected chi connectivity index (χ4v) is 6.86. The number of carbonyl (C=O) groups is 1. The summed E-state index contributed by atoms with van der Waals surface area (Å²) < 4.78 is 40.3. The van der Waals surface area contributed by atoms with Gasteiger partial charge in [-0.3, -0.25) is 4.79 Å². The number of aromatic nitrogens is 1. The molecule has 0 spiro atoms. The number of rotatable bonds is 4. The Bertz CT molecular complexity index is 1070. The molecule has 4 rings (SSSR count). The Balaban J connectivity index is 1.37. The van der Waals surface area contributed by atoms with Crippen LogP contribution in [-0.4, -0.2) is 36.7 Å². The maximum Gasteiger partial charge on any atom is 0.243 e. The molecule has 1 unspecified atom stereocenters. The van der Waals surface area contributed by atoms with Crippen LogP contribution in [0.5, 0.6) is 0 Å². The molecule has 0 bridgehead atoms. The molecule has 162 valence electrons. The molecule has 1 aromatic heterocycles. The highest BCUT2D eigenvalue weighted by Gasteiger charge is 2.33. The number of sulfonamides is 1. The Morgan fingerprint density at radius 2 is 2.03 bits per heavy atom. The van der Waals surface area contributed by atoms with Crippen LogP contribution in [0.25, 0.3) is 0 Å². The predicted molar refractivity (Wildman–Crippen MR) is 115 cm³/mol. The lowest BCUT2D eigenvalue weighted by atomic mass is 9.93. The van der Waals surface area contributed by atoms with Crippen LogP contribution in [0.1, 0.15) is 36.8 Å². The number of amides is 1. The van der Waals surface area contributed by atoms with Crippen LogP contribution >= 0.6 is 22.9 Å². The molecular weight excluding hydrogens is 449 g/mol. The Morgan fingerprint density at radius 1 is 1.30 bits per heavy atom. The van der Waals surface area contributed by atoms with Crippen molar-refractivity contribution in [1.29, 1.82) is 0 Å². The SMILES string of the molecule is CC1CCc2nc(NC(=O)C3CCN(S(=O)(=O)c4ccc(F)c(Cl)c4)CC3)sc2C1. The van der Waals surface area contributed by atoms with Crippen LogP contribution in [0.2, 0.25) is 5.02 Å². The molecule has 2 aromatic rings. The van der Waals surface area contributed by atoms with Gasteiger partial charge in [-0.2, -0.15) is 4.31 Å². The van der Waals surface area contributed by atoms with Gasteiger partial charge in [-0.15, -0.1) is 11.3 Å². The summed E-state index contributed by atoms with van der Waals surface area (Å²) in [5, 5.41) is 3.33. The molecular formula is C20H23ClFN3O3S2. The third-order valence-electron chi connectivity index (χ3n) is 5.77. The molecule has 1 aliphatic heterocycles. The van der Waals surface area contributed by atoms with Crippen molar-refractivity contribution < 1.29 is 17.6 Å². The van der Waals surface area contributed by atoms with Gasteiger partial charge in [0.2, 0.25) is 15.9 Å². The lowest BCUT2D eigenvalue weighted by molar-refractivity contribution is -0.120. The second kappa shape index (κ2) is 8.53. The molecule has 1 aliphatic carbocycles. The van der Waals surface area contributed by atoms with E-state index in [9.17, 15) is 17.6 Å². The zero-order valence-corrected chi connectivity index (χ0v) is 18.9. The molecule has 1 saturated heterocycles. The zero-order chi connectivity index (χ0) is 21.5. The molecule has 0 saturated carbocycles. The summed E-state index contributed by atoms with van der Waals surface area (Å²) in [6, 6.07) is 3.38. The van der Waals surface area contributed by atoms with Crippen molar-refractivity contribution in [2.75, 3.05) is 18.4 Å². The Labute approximate surface area is 184 Å². The van der Waals surface area contributed by atoms with E-state index in [0.717, 1.165) is 37.1 Å². The van der Waals surface area contributed by atoms with Crippen molar-refractivity contribution in [3.8, 4) is 0 Å². The van der Waals surface area contributed by atoms with Crippen molar-refractivity contribution >= 4 is 44.0 Å². The molecule has 1 atom stereocenters. The minimum atomic E-state index is -3.78. The molecule has 1 N–H and O–H groups in total. The monoisotopic (exact) mass is 471 g/mol. The number of fused-ring (bicyclic) bond motifs is 1. The van der Waals surface area contributed by atoms with Crippen LogP contribution in [0.3, 0.4) is 0 Å². The lowest BCUT2D eigenvalue weighted by Gasteiger charge is -2.30. The minimum absolute atomic E-state index is 0.0422. The van der Waals surface area contributed by atoms with Gasteiger partial charge in [-0.05, 0) is 56.2 Å². The van der Waals surface area contributed by atoms with Gasteiger partial charge < -0.3 is 5.32 Å². The second-order valence-electron chi connectivity index (χ2n) is 7.98. The molecule has 0 radical (unpaired) electrons. The quantitative estimate of drug-likeness (QED) is 0.728. The van der Waals surface area contributed by atoms with Gasteiger partial charge in [-0.25, -0.2) is 17.8 Å². The van der Waals surface area contributed by atoms with Gasteiger partial charge in [0.05, 0.1) is 15.6 Å². The maximum atomic E-state index is 13.4. The molecule has 1 aromatic carbocycles. The summed E-state index contributed by atoms with van der Waals surface area (Å²) in [4.78, 5) is 18.5. The third-order valence-corrected chi connectivity index (χ3v) is 8.99. The van der Waals surface area contributed by atoms with Crippen LogP contribution in [0, 0.1) is 17.7 Å². The summed E-state index contributed by atoms with van der Waals surface area (Å²) in [7, 11) is -3.78. The average Bonchev–Trinajstić information content (AvgIpc) is 3.11. The van der Waals surface area contributed by atoms with Gasteiger partial charge >= 0.3 is 0 Å². The first-order chi connectivity index (χ1) is 14.2. The summed E-state index contributed by atoms with van der Waals surface area (Å²) >= 11 is 7.27. The number of anilines is 1. The molecule has 1 fully saturated rings. The maximum absolute atomic E-state index is 13.4. The number of piperidine rings is 1. The molecule has 30 heavy (non-hydrogen) atoms. The van der Waals surface area contributed by atoms with Gasteiger partial charge in [0, 0.05) is 23.9 Å². The summed E-state index contributed by atoms with van der Waals surface area (Å²) in [6.45, 7) is 2.67. The van der Waals surface area contributed by atoms with E-state index in [1.807, 2.05) is 0 Å². The van der Waals surface area contributed by atoms with E-state index in [2.05, 4.69) is 17.2 Å². The van der Waals surface area contributed by atoms with E-state index in [4.69, 9.17) is 11.6 Å². The number of carbonyl (C=O) groups excluding carboxylic acids is 1. The summed E-state index contributed by atoms with van der Waals surface area (Å²) in [5.74, 6) is -0.405. The van der Waals surface area contributed by atoms with E-state index >= 15 is 0 Å². The van der Waals surface area contributed by atoms with Crippen molar-refractivity contribution in [1.82, 2.24) is 9.29 Å². The van der Waals surface area contributed by atoms with Gasteiger partial charge in [0.25, 0.3) is 0 Å². The topological polar surface area (TPSA) is 79.4 Å². The second-order valence-corrected chi connectivity index (χ2v) is 11.4. The summed E-state index contributed by atoms with van der Waals surface area (Å²) in [6.07, 6.45) is 3.92. The van der Waals surface area contributed by atoms with E-state index in [1.54, 1.807) is 11.3 Å².